The maximum atomic E-state index is 5.20. The monoisotopic (exact) mass is 254 g/mol. The van der Waals surface area contributed by atoms with Crippen LogP contribution in [-0.4, -0.2) is 21.5 Å². The summed E-state index contributed by atoms with van der Waals surface area (Å²) in [5.74, 6) is 2.64. The van der Waals surface area contributed by atoms with Crippen LogP contribution in [0.1, 0.15) is 25.0 Å². The van der Waals surface area contributed by atoms with Crippen molar-refractivity contribution in [3.8, 4) is 18.0 Å². The van der Waals surface area contributed by atoms with Crippen LogP contribution >= 0.6 is 0 Å². The number of unbranched alkanes of at least 4 members (excludes halogenated alkanes) is 2. The summed E-state index contributed by atoms with van der Waals surface area (Å²) in [4.78, 5) is 1.65. The molecular weight excluding hydrogens is 236 g/mol. The fraction of sp³-hybridized carbons (Fsp3) is 0.333. The molecule has 0 unspecified atom stereocenters. The molecule has 0 radical (unpaired) electrons. The maximum Gasteiger partial charge on any atom is 0.0969 e. The first kappa shape index (κ1) is 13.3. The number of nitrogens with one attached hydrogen (secondary N) is 1. The average Bonchev–Trinajstić information content (AvgIpc) is 2.92. The molecule has 0 bridgehead atoms. The van der Waals surface area contributed by atoms with Crippen molar-refractivity contribution in [1.29, 1.82) is 0 Å². The summed E-state index contributed by atoms with van der Waals surface area (Å²) in [6.45, 7) is 1.70. The van der Waals surface area contributed by atoms with Crippen molar-refractivity contribution in [3.05, 3.63) is 42.2 Å². The highest BCUT2D eigenvalue weighted by molar-refractivity contribution is 5.28. The third kappa shape index (κ3) is 4.23. The third-order valence-electron chi connectivity index (χ3n) is 2.76. The largest absolute Gasteiger partial charge is 0.311 e. The molecule has 2 rings (SSSR count). The Bertz CT molecular complexity index is 525. The minimum absolute atomic E-state index is 0.739. The van der Waals surface area contributed by atoms with Gasteiger partial charge in [0.2, 0.25) is 0 Å². The SMILES string of the molecule is C#CCCCCNCc1cnn(-c2ccccc2)n1. The Labute approximate surface area is 113 Å². The van der Waals surface area contributed by atoms with E-state index in [9.17, 15) is 0 Å². The standard InChI is InChI=1S/C15H18N4/c1-2-3-4-8-11-16-12-14-13-17-19(18-14)15-9-6-5-7-10-15/h1,5-7,9-10,13,16H,3-4,8,11-12H2. The van der Waals surface area contributed by atoms with Crippen molar-refractivity contribution in [2.75, 3.05) is 6.54 Å². The summed E-state index contributed by atoms with van der Waals surface area (Å²) in [5.41, 5.74) is 1.92. The van der Waals surface area contributed by atoms with E-state index >= 15 is 0 Å². The number of rotatable bonds is 7. The molecular formula is C15H18N4. The number of nitrogens with zero attached hydrogens (tertiary/aromatic N) is 3. The molecule has 1 N–H and O–H groups in total. The molecule has 1 aromatic carbocycles. The van der Waals surface area contributed by atoms with Gasteiger partial charge >= 0.3 is 0 Å². The second-order valence-corrected chi connectivity index (χ2v) is 4.30. The molecule has 0 aliphatic carbocycles. The zero-order valence-corrected chi connectivity index (χ0v) is 10.9. The topological polar surface area (TPSA) is 42.7 Å². The van der Waals surface area contributed by atoms with Crippen molar-refractivity contribution in [1.82, 2.24) is 20.3 Å². The first-order valence-electron chi connectivity index (χ1n) is 6.51. The fourth-order valence-corrected chi connectivity index (χ4v) is 1.75. The third-order valence-corrected chi connectivity index (χ3v) is 2.76. The highest BCUT2D eigenvalue weighted by Crippen LogP contribution is 2.04. The van der Waals surface area contributed by atoms with Crippen LogP contribution in [0, 0.1) is 12.3 Å². The number of hydrogen-bond acceptors (Lipinski definition) is 3. The van der Waals surface area contributed by atoms with E-state index in [1.54, 1.807) is 11.0 Å². The predicted octanol–water partition coefficient (Wildman–Crippen LogP) is 2.16. The molecule has 0 spiro atoms. The van der Waals surface area contributed by atoms with Gasteiger partial charge in [-0.15, -0.1) is 12.3 Å². The van der Waals surface area contributed by atoms with Crippen LogP contribution in [0.5, 0.6) is 0 Å². The van der Waals surface area contributed by atoms with Crippen molar-refractivity contribution < 1.29 is 0 Å². The normalized spacial score (nSPS) is 10.3. The van der Waals surface area contributed by atoms with Gasteiger partial charge in [-0.25, -0.2) is 0 Å². The van der Waals surface area contributed by atoms with Crippen LogP contribution < -0.4 is 5.32 Å². The lowest BCUT2D eigenvalue weighted by Gasteiger charge is -2.01. The van der Waals surface area contributed by atoms with Gasteiger partial charge in [0.25, 0.3) is 0 Å². The molecule has 4 nitrogen and oxygen atoms in total. The first-order valence-corrected chi connectivity index (χ1v) is 6.51. The predicted molar refractivity (Wildman–Crippen MR) is 75.7 cm³/mol. The Morgan fingerprint density at radius 1 is 1.21 bits per heavy atom. The Morgan fingerprint density at radius 2 is 2.05 bits per heavy atom. The summed E-state index contributed by atoms with van der Waals surface area (Å²) in [5, 5.41) is 12.0. The highest BCUT2D eigenvalue weighted by Gasteiger charge is 2.01. The molecule has 0 aliphatic rings. The molecule has 0 atom stereocenters. The van der Waals surface area contributed by atoms with Crippen LogP contribution in [0.2, 0.25) is 0 Å². The lowest BCUT2D eigenvalue weighted by atomic mass is 10.2. The summed E-state index contributed by atoms with van der Waals surface area (Å²) < 4.78 is 0. The van der Waals surface area contributed by atoms with Gasteiger partial charge in [0.05, 0.1) is 17.6 Å². The summed E-state index contributed by atoms with van der Waals surface area (Å²) >= 11 is 0. The number of para-hydroxylation sites is 1. The quantitative estimate of drug-likeness (QED) is 0.608. The lowest BCUT2D eigenvalue weighted by Crippen LogP contribution is -2.15. The summed E-state index contributed by atoms with van der Waals surface area (Å²) in [6.07, 6.45) is 10.0. The van der Waals surface area contributed by atoms with Gasteiger partial charge in [-0.05, 0) is 31.5 Å². The number of benzene rings is 1. The van der Waals surface area contributed by atoms with Crippen LogP contribution in [0.3, 0.4) is 0 Å². The minimum Gasteiger partial charge on any atom is -0.311 e. The second kappa shape index (κ2) is 7.34. The lowest BCUT2D eigenvalue weighted by molar-refractivity contribution is 0.617. The zero-order chi connectivity index (χ0) is 13.3. The van der Waals surface area contributed by atoms with Crippen molar-refractivity contribution in [3.63, 3.8) is 0 Å². The van der Waals surface area contributed by atoms with E-state index in [1.165, 1.54) is 0 Å². The summed E-state index contributed by atoms with van der Waals surface area (Å²) in [7, 11) is 0. The number of aromatic nitrogens is 3. The Balaban J connectivity index is 1.77. The van der Waals surface area contributed by atoms with E-state index in [2.05, 4.69) is 21.4 Å². The van der Waals surface area contributed by atoms with E-state index in [0.29, 0.717) is 0 Å². The van der Waals surface area contributed by atoms with Crippen molar-refractivity contribution in [2.45, 2.75) is 25.8 Å². The Hall–Kier alpha value is -2.12. The van der Waals surface area contributed by atoms with Crippen LogP contribution in [0.25, 0.3) is 5.69 Å². The van der Waals surface area contributed by atoms with Crippen LogP contribution in [0.4, 0.5) is 0 Å². The first-order chi connectivity index (χ1) is 9.40. The Morgan fingerprint density at radius 3 is 2.84 bits per heavy atom. The molecule has 1 aromatic heterocycles. The van der Waals surface area contributed by atoms with Gasteiger partial charge < -0.3 is 5.32 Å². The molecule has 0 fully saturated rings. The van der Waals surface area contributed by atoms with Crippen LogP contribution in [-0.2, 0) is 6.54 Å². The van der Waals surface area contributed by atoms with Crippen LogP contribution in [0.15, 0.2) is 36.5 Å². The van der Waals surface area contributed by atoms with Gasteiger partial charge in [-0.1, -0.05) is 18.2 Å². The molecule has 0 aliphatic heterocycles. The molecule has 0 saturated heterocycles. The molecule has 1 heterocycles. The van der Waals surface area contributed by atoms with E-state index < -0.39 is 0 Å². The van der Waals surface area contributed by atoms with Gasteiger partial charge in [-0.3, -0.25) is 0 Å². The average molecular weight is 254 g/mol. The summed E-state index contributed by atoms with van der Waals surface area (Å²) in [6, 6.07) is 9.89. The van der Waals surface area contributed by atoms with Gasteiger partial charge in [0.1, 0.15) is 0 Å². The maximum absolute atomic E-state index is 5.20. The molecule has 4 heteroatoms. The van der Waals surface area contributed by atoms with Gasteiger partial charge in [0, 0.05) is 13.0 Å². The number of hydrogen-bond donors (Lipinski definition) is 1. The Kier molecular flexibility index (Phi) is 5.15. The minimum atomic E-state index is 0.739. The molecule has 2 aromatic rings. The van der Waals surface area contributed by atoms with Crippen molar-refractivity contribution >= 4 is 0 Å². The van der Waals surface area contributed by atoms with E-state index in [0.717, 1.165) is 43.7 Å². The number of terminal acetylenes is 1. The molecule has 0 amide bonds. The fourth-order valence-electron chi connectivity index (χ4n) is 1.75. The zero-order valence-electron chi connectivity index (χ0n) is 10.9. The molecule has 0 saturated carbocycles. The molecule has 98 valence electrons. The van der Waals surface area contributed by atoms with E-state index in [-0.39, 0.29) is 0 Å². The van der Waals surface area contributed by atoms with Gasteiger partial charge in [0.15, 0.2) is 0 Å². The smallest absolute Gasteiger partial charge is 0.0969 e. The van der Waals surface area contributed by atoms with E-state index in [4.69, 9.17) is 6.42 Å². The van der Waals surface area contributed by atoms with E-state index in [1.807, 2.05) is 30.3 Å². The molecule has 19 heavy (non-hydrogen) atoms. The highest BCUT2D eigenvalue weighted by atomic mass is 15.5. The second-order valence-electron chi connectivity index (χ2n) is 4.30. The van der Waals surface area contributed by atoms with Crippen molar-refractivity contribution in [2.24, 2.45) is 0 Å². The van der Waals surface area contributed by atoms with Gasteiger partial charge in [-0.2, -0.15) is 15.0 Å².